The maximum absolute atomic E-state index is 13.2. The SMILES string of the molecule is CNC(C)c1ccc(OC)cc1OCc1cccc(F)c1. The summed E-state index contributed by atoms with van der Waals surface area (Å²) in [6.07, 6.45) is 0. The Kier molecular flexibility index (Phi) is 5.17. The van der Waals surface area contributed by atoms with Crippen molar-refractivity contribution in [3.05, 3.63) is 59.4 Å². The fourth-order valence-corrected chi connectivity index (χ4v) is 2.07. The zero-order valence-electron chi connectivity index (χ0n) is 12.5. The minimum absolute atomic E-state index is 0.151. The van der Waals surface area contributed by atoms with E-state index in [1.165, 1.54) is 12.1 Å². The first-order chi connectivity index (χ1) is 10.1. The van der Waals surface area contributed by atoms with Gasteiger partial charge in [-0.15, -0.1) is 0 Å². The van der Waals surface area contributed by atoms with Crippen molar-refractivity contribution in [1.29, 1.82) is 0 Å². The molecular weight excluding hydrogens is 269 g/mol. The summed E-state index contributed by atoms with van der Waals surface area (Å²) < 4.78 is 24.3. The van der Waals surface area contributed by atoms with Crippen LogP contribution in [0.2, 0.25) is 0 Å². The normalized spacial score (nSPS) is 12.0. The molecule has 1 unspecified atom stereocenters. The van der Waals surface area contributed by atoms with E-state index >= 15 is 0 Å². The molecule has 112 valence electrons. The summed E-state index contributed by atoms with van der Waals surface area (Å²) in [4.78, 5) is 0. The topological polar surface area (TPSA) is 30.5 Å². The average Bonchev–Trinajstić information content (AvgIpc) is 2.52. The van der Waals surface area contributed by atoms with E-state index in [-0.39, 0.29) is 11.9 Å². The molecule has 0 heterocycles. The largest absolute Gasteiger partial charge is 0.497 e. The van der Waals surface area contributed by atoms with Gasteiger partial charge in [0, 0.05) is 17.7 Å². The van der Waals surface area contributed by atoms with E-state index in [1.807, 2.05) is 31.3 Å². The molecule has 0 saturated carbocycles. The zero-order chi connectivity index (χ0) is 15.2. The van der Waals surface area contributed by atoms with Crippen LogP contribution in [0.25, 0.3) is 0 Å². The summed E-state index contributed by atoms with van der Waals surface area (Å²) in [6.45, 7) is 2.37. The quantitative estimate of drug-likeness (QED) is 0.879. The Balaban J connectivity index is 2.20. The van der Waals surface area contributed by atoms with Gasteiger partial charge in [-0.1, -0.05) is 18.2 Å². The van der Waals surface area contributed by atoms with Crippen LogP contribution in [0, 0.1) is 5.82 Å². The van der Waals surface area contributed by atoms with Crippen LogP contribution in [0.5, 0.6) is 11.5 Å². The molecule has 0 aliphatic rings. The second-order valence-corrected chi connectivity index (χ2v) is 4.83. The molecule has 1 atom stereocenters. The minimum Gasteiger partial charge on any atom is -0.497 e. The third-order valence-corrected chi connectivity index (χ3v) is 3.40. The number of hydrogen-bond donors (Lipinski definition) is 1. The Morgan fingerprint density at radius 1 is 1.19 bits per heavy atom. The molecule has 0 aliphatic heterocycles. The van der Waals surface area contributed by atoms with Crippen LogP contribution in [0.15, 0.2) is 42.5 Å². The lowest BCUT2D eigenvalue weighted by Gasteiger charge is -2.17. The molecule has 0 aromatic heterocycles. The fourth-order valence-electron chi connectivity index (χ4n) is 2.07. The highest BCUT2D eigenvalue weighted by atomic mass is 19.1. The van der Waals surface area contributed by atoms with Crippen molar-refractivity contribution < 1.29 is 13.9 Å². The van der Waals surface area contributed by atoms with Gasteiger partial charge in [0.05, 0.1) is 7.11 Å². The molecule has 21 heavy (non-hydrogen) atoms. The summed E-state index contributed by atoms with van der Waals surface area (Å²) in [5.74, 6) is 1.21. The number of ether oxygens (including phenoxy) is 2. The minimum atomic E-state index is -0.259. The molecule has 0 spiro atoms. The summed E-state index contributed by atoms with van der Waals surface area (Å²) in [5, 5.41) is 3.19. The Morgan fingerprint density at radius 3 is 2.67 bits per heavy atom. The molecule has 0 amide bonds. The van der Waals surface area contributed by atoms with E-state index in [4.69, 9.17) is 9.47 Å². The van der Waals surface area contributed by atoms with Crippen LogP contribution in [0.1, 0.15) is 24.1 Å². The molecule has 2 rings (SSSR count). The summed E-state index contributed by atoms with van der Waals surface area (Å²) in [7, 11) is 3.51. The molecule has 4 heteroatoms. The highest BCUT2D eigenvalue weighted by Crippen LogP contribution is 2.30. The third-order valence-electron chi connectivity index (χ3n) is 3.40. The van der Waals surface area contributed by atoms with Crippen LogP contribution in [0.3, 0.4) is 0 Å². The second kappa shape index (κ2) is 7.09. The Morgan fingerprint density at radius 2 is 2.00 bits per heavy atom. The van der Waals surface area contributed by atoms with Crippen molar-refractivity contribution in [2.45, 2.75) is 19.6 Å². The number of nitrogens with one attached hydrogen (secondary N) is 1. The number of methoxy groups -OCH3 is 1. The molecule has 2 aromatic rings. The highest BCUT2D eigenvalue weighted by Gasteiger charge is 2.11. The lowest BCUT2D eigenvalue weighted by Crippen LogP contribution is -2.13. The van der Waals surface area contributed by atoms with Crippen molar-refractivity contribution in [1.82, 2.24) is 5.32 Å². The molecule has 0 fully saturated rings. The Hall–Kier alpha value is -2.07. The first-order valence-corrected chi connectivity index (χ1v) is 6.86. The number of benzene rings is 2. The predicted octanol–water partition coefficient (Wildman–Crippen LogP) is 3.69. The van der Waals surface area contributed by atoms with E-state index in [9.17, 15) is 4.39 Å². The molecule has 0 saturated heterocycles. The van der Waals surface area contributed by atoms with Crippen LogP contribution in [0.4, 0.5) is 4.39 Å². The first kappa shape index (κ1) is 15.3. The second-order valence-electron chi connectivity index (χ2n) is 4.83. The van der Waals surface area contributed by atoms with Crippen molar-refractivity contribution in [3.8, 4) is 11.5 Å². The number of hydrogen-bond acceptors (Lipinski definition) is 3. The Bertz CT molecular complexity index is 601. The molecule has 2 aromatic carbocycles. The Labute approximate surface area is 124 Å². The van der Waals surface area contributed by atoms with Gasteiger partial charge in [-0.05, 0) is 37.7 Å². The van der Waals surface area contributed by atoms with Crippen molar-refractivity contribution in [2.24, 2.45) is 0 Å². The van der Waals surface area contributed by atoms with Gasteiger partial charge in [-0.3, -0.25) is 0 Å². The molecule has 1 N–H and O–H groups in total. The molecule has 0 radical (unpaired) electrons. The van der Waals surface area contributed by atoms with E-state index in [0.29, 0.717) is 6.61 Å². The highest BCUT2D eigenvalue weighted by molar-refractivity contribution is 5.42. The average molecular weight is 289 g/mol. The van der Waals surface area contributed by atoms with Gasteiger partial charge >= 0.3 is 0 Å². The van der Waals surface area contributed by atoms with Crippen LogP contribution in [-0.2, 0) is 6.61 Å². The van der Waals surface area contributed by atoms with Crippen LogP contribution in [-0.4, -0.2) is 14.2 Å². The van der Waals surface area contributed by atoms with E-state index in [2.05, 4.69) is 12.2 Å². The standard InChI is InChI=1S/C17H20FNO2/c1-12(19-2)16-8-7-15(20-3)10-17(16)21-11-13-5-4-6-14(18)9-13/h4-10,12,19H,11H2,1-3H3. The summed E-state index contributed by atoms with van der Waals surface area (Å²) >= 11 is 0. The molecule has 0 bridgehead atoms. The van der Waals surface area contributed by atoms with Crippen molar-refractivity contribution in [2.75, 3.05) is 14.2 Å². The lowest BCUT2D eigenvalue weighted by molar-refractivity contribution is 0.297. The van der Waals surface area contributed by atoms with Gasteiger partial charge < -0.3 is 14.8 Å². The lowest BCUT2D eigenvalue weighted by atomic mass is 10.1. The summed E-state index contributed by atoms with van der Waals surface area (Å²) in [6, 6.07) is 12.3. The van der Waals surface area contributed by atoms with Gasteiger partial charge in [-0.2, -0.15) is 0 Å². The van der Waals surface area contributed by atoms with Gasteiger partial charge in [0.15, 0.2) is 0 Å². The first-order valence-electron chi connectivity index (χ1n) is 6.86. The maximum atomic E-state index is 13.2. The van der Waals surface area contributed by atoms with Gasteiger partial charge in [-0.25, -0.2) is 4.39 Å². The van der Waals surface area contributed by atoms with Crippen molar-refractivity contribution >= 4 is 0 Å². The van der Waals surface area contributed by atoms with Gasteiger partial charge in [0.2, 0.25) is 0 Å². The van der Waals surface area contributed by atoms with Gasteiger partial charge in [0.1, 0.15) is 23.9 Å². The smallest absolute Gasteiger partial charge is 0.128 e. The molecular formula is C17H20FNO2. The van der Waals surface area contributed by atoms with Crippen LogP contribution >= 0.6 is 0 Å². The zero-order valence-corrected chi connectivity index (χ0v) is 12.5. The summed E-state index contributed by atoms with van der Waals surface area (Å²) in [5.41, 5.74) is 1.83. The molecule has 0 aliphatic carbocycles. The van der Waals surface area contributed by atoms with E-state index in [0.717, 1.165) is 22.6 Å². The number of halogens is 1. The fraction of sp³-hybridized carbons (Fsp3) is 0.294. The van der Waals surface area contributed by atoms with E-state index < -0.39 is 0 Å². The van der Waals surface area contributed by atoms with Gasteiger partial charge in [0.25, 0.3) is 0 Å². The molecule has 3 nitrogen and oxygen atoms in total. The number of rotatable bonds is 6. The van der Waals surface area contributed by atoms with Crippen molar-refractivity contribution in [3.63, 3.8) is 0 Å². The monoisotopic (exact) mass is 289 g/mol. The maximum Gasteiger partial charge on any atom is 0.128 e. The third kappa shape index (κ3) is 3.95. The predicted molar refractivity (Wildman–Crippen MR) is 81.2 cm³/mol. The van der Waals surface area contributed by atoms with Crippen LogP contribution < -0.4 is 14.8 Å². The van der Waals surface area contributed by atoms with E-state index in [1.54, 1.807) is 13.2 Å².